The summed E-state index contributed by atoms with van der Waals surface area (Å²) >= 11 is 6.08. The lowest BCUT2D eigenvalue weighted by Gasteiger charge is -2.09. The van der Waals surface area contributed by atoms with Crippen molar-refractivity contribution < 1.29 is 13.9 Å². The Kier molecular flexibility index (Phi) is 5.34. The number of primary amides is 1. The van der Waals surface area contributed by atoms with Gasteiger partial charge in [0.1, 0.15) is 24.2 Å². The van der Waals surface area contributed by atoms with E-state index in [9.17, 15) is 9.18 Å². The maximum atomic E-state index is 13.6. The fourth-order valence-electron chi connectivity index (χ4n) is 2.44. The molecule has 7 heteroatoms. The summed E-state index contributed by atoms with van der Waals surface area (Å²) in [5.41, 5.74) is 7.62. The van der Waals surface area contributed by atoms with Crippen LogP contribution < -0.4 is 10.5 Å². The summed E-state index contributed by atoms with van der Waals surface area (Å²) in [7, 11) is 0. The zero-order valence-electron chi connectivity index (χ0n) is 13.9. The number of benzene rings is 2. The number of aromatic nitrogens is 1. The third-order valence-corrected chi connectivity index (χ3v) is 4.13. The monoisotopic (exact) mass is 381 g/mol. The Balaban J connectivity index is 1.78. The van der Waals surface area contributed by atoms with Crippen molar-refractivity contribution in [2.45, 2.75) is 6.61 Å². The summed E-state index contributed by atoms with van der Waals surface area (Å²) in [5, 5.41) is 9.00. The zero-order chi connectivity index (χ0) is 19.4. The second-order valence-corrected chi connectivity index (χ2v) is 6.06. The first-order valence-corrected chi connectivity index (χ1v) is 8.23. The molecule has 0 spiro atoms. The highest BCUT2D eigenvalue weighted by molar-refractivity contribution is 6.34. The van der Waals surface area contributed by atoms with E-state index >= 15 is 0 Å². The predicted octanol–water partition coefficient (Wildman–Crippen LogP) is 4.09. The molecular formula is C20H13ClFN3O2. The normalized spacial score (nSPS) is 10.3. The summed E-state index contributed by atoms with van der Waals surface area (Å²) in [5.74, 6) is -0.912. The largest absolute Gasteiger partial charge is 0.489 e. The molecule has 3 rings (SSSR count). The van der Waals surface area contributed by atoms with E-state index in [-0.39, 0.29) is 22.8 Å². The zero-order valence-corrected chi connectivity index (χ0v) is 14.7. The number of nitrogens with two attached hydrogens (primary N) is 1. The number of rotatable bonds is 5. The Morgan fingerprint density at radius 2 is 2.04 bits per heavy atom. The second kappa shape index (κ2) is 7.85. The molecule has 0 aliphatic carbocycles. The summed E-state index contributed by atoms with van der Waals surface area (Å²) in [6, 6.07) is 14.3. The van der Waals surface area contributed by atoms with Gasteiger partial charge in [0.25, 0.3) is 0 Å². The first kappa shape index (κ1) is 18.4. The van der Waals surface area contributed by atoms with Crippen molar-refractivity contribution in [3.8, 4) is 23.1 Å². The number of carbonyl (C=O) groups is 1. The molecule has 27 heavy (non-hydrogen) atoms. The van der Waals surface area contributed by atoms with E-state index in [2.05, 4.69) is 4.98 Å². The van der Waals surface area contributed by atoms with E-state index in [1.54, 1.807) is 42.6 Å². The van der Waals surface area contributed by atoms with Crippen molar-refractivity contribution in [1.29, 1.82) is 5.26 Å². The minimum atomic E-state index is -0.630. The minimum Gasteiger partial charge on any atom is -0.489 e. The standard InChI is InChI=1S/C20H13ClFN3O2/c21-17-8-13(2-4-16(17)20(24)26)19-7-12(5-6-25-19)11-27-15-3-1-14(10-23)18(22)9-15/h1-9H,11H2,(H2,24,26). The van der Waals surface area contributed by atoms with Gasteiger partial charge in [-0.3, -0.25) is 9.78 Å². The molecule has 5 nitrogen and oxygen atoms in total. The van der Waals surface area contributed by atoms with Gasteiger partial charge in [-0.15, -0.1) is 0 Å². The molecule has 1 heterocycles. The molecule has 0 unspecified atom stereocenters. The Bertz CT molecular complexity index is 1060. The SMILES string of the molecule is N#Cc1ccc(OCc2ccnc(-c3ccc(C(N)=O)c(Cl)c3)c2)cc1F. The van der Waals surface area contributed by atoms with Crippen molar-refractivity contribution >= 4 is 17.5 Å². The van der Waals surface area contributed by atoms with Crippen LogP contribution in [0.5, 0.6) is 5.75 Å². The number of amides is 1. The topological polar surface area (TPSA) is 89.0 Å². The first-order valence-electron chi connectivity index (χ1n) is 7.85. The molecule has 0 atom stereocenters. The summed E-state index contributed by atoms with van der Waals surface area (Å²) in [6.07, 6.45) is 1.61. The first-order chi connectivity index (χ1) is 13.0. The van der Waals surface area contributed by atoms with Crippen LogP contribution in [-0.4, -0.2) is 10.9 Å². The third kappa shape index (κ3) is 4.22. The highest BCUT2D eigenvalue weighted by atomic mass is 35.5. The van der Waals surface area contributed by atoms with Gasteiger partial charge >= 0.3 is 0 Å². The summed E-state index contributed by atoms with van der Waals surface area (Å²) in [4.78, 5) is 15.6. The van der Waals surface area contributed by atoms with Gasteiger partial charge in [0.05, 0.1) is 21.8 Å². The third-order valence-electron chi connectivity index (χ3n) is 3.82. The van der Waals surface area contributed by atoms with Gasteiger partial charge in [-0.25, -0.2) is 4.39 Å². The number of nitriles is 1. The molecule has 0 radical (unpaired) electrons. The highest BCUT2D eigenvalue weighted by Gasteiger charge is 2.10. The Morgan fingerprint density at radius 3 is 2.70 bits per heavy atom. The van der Waals surface area contributed by atoms with Gasteiger partial charge in [0.15, 0.2) is 0 Å². The van der Waals surface area contributed by atoms with Crippen LogP contribution in [0, 0.1) is 17.1 Å². The average molecular weight is 382 g/mol. The van der Waals surface area contributed by atoms with Crippen molar-refractivity contribution in [1.82, 2.24) is 4.98 Å². The van der Waals surface area contributed by atoms with Crippen LogP contribution in [0.15, 0.2) is 54.7 Å². The second-order valence-electron chi connectivity index (χ2n) is 5.65. The van der Waals surface area contributed by atoms with Gasteiger partial charge < -0.3 is 10.5 Å². The molecule has 0 bridgehead atoms. The molecule has 134 valence electrons. The molecule has 0 aliphatic rings. The quantitative estimate of drug-likeness (QED) is 0.720. The summed E-state index contributed by atoms with van der Waals surface area (Å²) in [6.45, 7) is 0.188. The number of halogens is 2. The van der Waals surface area contributed by atoms with Crippen LogP contribution in [0.4, 0.5) is 4.39 Å². The molecule has 3 aromatic rings. The van der Waals surface area contributed by atoms with Crippen molar-refractivity contribution in [2.75, 3.05) is 0 Å². The fourth-order valence-corrected chi connectivity index (χ4v) is 2.71. The van der Waals surface area contributed by atoms with Crippen LogP contribution in [0.1, 0.15) is 21.5 Å². The number of hydrogen-bond acceptors (Lipinski definition) is 4. The number of carbonyl (C=O) groups excluding carboxylic acids is 1. The molecule has 0 aliphatic heterocycles. The Hall–Kier alpha value is -3.43. The molecule has 1 aromatic heterocycles. The molecule has 2 aromatic carbocycles. The van der Waals surface area contributed by atoms with Crippen LogP contribution in [0.2, 0.25) is 5.02 Å². The van der Waals surface area contributed by atoms with Gasteiger partial charge in [-0.1, -0.05) is 17.7 Å². The van der Waals surface area contributed by atoms with E-state index in [0.29, 0.717) is 11.4 Å². The fraction of sp³-hybridized carbons (Fsp3) is 0.0500. The lowest BCUT2D eigenvalue weighted by atomic mass is 10.1. The minimum absolute atomic E-state index is 0.0372. The van der Waals surface area contributed by atoms with Crippen molar-refractivity contribution in [3.05, 3.63) is 82.3 Å². The average Bonchev–Trinajstić information content (AvgIpc) is 2.66. The molecule has 2 N–H and O–H groups in total. The maximum Gasteiger partial charge on any atom is 0.250 e. The highest BCUT2D eigenvalue weighted by Crippen LogP contribution is 2.25. The van der Waals surface area contributed by atoms with Crippen LogP contribution in [-0.2, 0) is 6.61 Å². The molecule has 0 fully saturated rings. The molecule has 0 saturated carbocycles. The maximum absolute atomic E-state index is 13.6. The molecule has 1 amide bonds. The molecular weight excluding hydrogens is 369 g/mol. The number of hydrogen-bond donors (Lipinski definition) is 1. The summed E-state index contributed by atoms with van der Waals surface area (Å²) < 4.78 is 19.2. The van der Waals surface area contributed by atoms with Gasteiger partial charge in [0, 0.05) is 17.8 Å². The van der Waals surface area contributed by atoms with Gasteiger partial charge in [0.2, 0.25) is 5.91 Å². The predicted molar refractivity (Wildman–Crippen MR) is 98.6 cm³/mol. The lowest BCUT2D eigenvalue weighted by Crippen LogP contribution is -2.11. The van der Waals surface area contributed by atoms with Crippen molar-refractivity contribution in [2.24, 2.45) is 5.73 Å². The van der Waals surface area contributed by atoms with E-state index < -0.39 is 11.7 Å². The smallest absolute Gasteiger partial charge is 0.250 e. The van der Waals surface area contributed by atoms with E-state index in [1.165, 1.54) is 18.2 Å². The van der Waals surface area contributed by atoms with Crippen LogP contribution in [0.3, 0.4) is 0 Å². The van der Waals surface area contributed by atoms with Gasteiger partial charge in [-0.05, 0) is 42.0 Å². The van der Waals surface area contributed by atoms with Gasteiger partial charge in [-0.2, -0.15) is 5.26 Å². The van der Waals surface area contributed by atoms with Crippen LogP contribution >= 0.6 is 11.6 Å². The van der Waals surface area contributed by atoms with Crippen molar-refractivity contribution in [3.63, 3.8) is 0 Å². The van der Waals surface area contributed by atoms with E-state index in [1.807, 2.05) is 0 Å². The Labute approximate surface area is 159 Å². The van der Waals surface area contributed by atoms with Crippen LogP contribution in [0.25, 0.3) is 11.3 Å². The number of ether oxygens (including phenoxy) is 1. The lowest BCUT2D eigenvalue weighted by molar-refractivity contribution is 0.100. The Morgan fingerprint density at radius 1 is 1.22 bits per heavy atom. The number of nitrogens with zero attached hydrogens (tertiary/aromatic N) is 2. The number of pyridine rings is 1. The van der Waals surface area contributed by atoms with E-state index in [4.69, 9.17) is 27.3 Å². The molecule has 0 saturated heterocycles. The van der Waals surface area contributed by atoms with E-state index in [0.717, 1.165) is 11.1 Å².